The van der Waals surface area contributed by atoms with Crippen molar-refractivity contribution < 1.29 is 0 Å². The van der Waals surface area contributed by atoms with Gasteiger partial charge in [0, 0.05) is 51.1 Å². The molecule has 0 saturated carbocycles. The Morgan fingerprint density at radius 2 is 1.31 bits per heavy atom. The fourth-order valence-corrected chi connectivity index (χ4v) is 4.92. The van der Waals surface area contributed by atoms with Gasteiger partial charge in [0.05, 0.1) is 5.69 Å². The summed E-state index contributed by atoms with van der Waals surface area (Å²) in [5.41, 5.74) is 3.29. The molecule has 29 heavy (non-hydrogen) atoms. The molecular weight excluding hydrogens is 392 g/mol. The minimum absolute atomic E-state index is 0.992. The molecule has 0 atom stereocenters. The van der Waals surface area contributed by atoms with Crippen molar-refractivity contribution in [2.24, 2.45) is 0 Å². The van der Waals surface area contributed by atoms with E-state index in [1.807, 2.05) is 18.3 Å². The SMILES string of the molecule is CN(C)c1ccnc(-c2ccc(Sc3ccccc3)cc2Sc2ccccc2)c1. The fourth-order valence-electron chi connectivity index (χ4n) is 2.95. The summed E-state index contributed by atoms with van der Waals surface area (Å²) in [6.45, 7) is 0. The zero-order valence-electron chi connectivity index (χ0n) is 16.4. The van der Waals surface area contributed by atoms with Crippen LogP contribution in [0.2, 0.25) is 0 Å². The van der Waals surface area contributed by atoms with Crippen LogP contribution in [0.15, 0.2) is 117 Å². The summed E-state index contributed by atoms with van der Waals surface area (Å²) in [5.74, 6) is 0. The van der Waals surface area contributed by atoms with Crippen LogP contribution < -0.4 is 4.90 Å². The molecule has 0 aliphatic carbocycles. The first-order valence-corrected chi connectivity index (χ1v) is 11.1. The third-order valence-electron chi connectivity index (χ3n) is 4.44. The number of benzene rings is 3. The summed E-state index contributed by atoms with van der Waals surface area (Å²) in [4.78, 5) is 11.7. The molecule has 3 aromatic carbocycles. The average Bonchev–Trinajstić information content (AvgIpc) is 2.75. The van der Waals surface area contributed by atoms with Gasteiger partial charge in [-0.1, -0.05) is 66.0 Å². The van der Waals surface area contributed by atoms with E-state index >= 15 is 0 Å². The predicted molar refractivity (Wildman–Crippen MR) is 125 cm³/mol. The summed E-state index contributed by atoms with van der Waals surface area (Å²) >= 11 is 3.56. The van der Waals surface area contributed by atoms with Crippen LogP contribution in [0.4, 0.5) is 5.69 Å². The minimum atomic E-state index is 0.992. The molecule has 4 aromatic rings. The molecule has 0 radical (unpaired) electrons. The third-order valence-corrected chi connectivity index (χ3v) is 6.50. The maximum Gasteiger partial charge on any atom is 0.0733 e. The van der Waals surface area contributed by atoms with Gasteiger partial charge in [-0.25, -0.2) is 0 Å². The van der Waals surface area contributed by atoms with Crippen LogP contribution in [0.5, 0.6) is 0 Å². The zero-order valence-corrected chi connectivity index (χ0v) is 18.1. The molecule has 0 N–H and O–H groups in total. The second-order valence-electron chi connectivity index (χ2n) is 6.78. The van der Waals surface area contributed by atoms with Gasteiger partial charge in [-0.2, -0.15) is 0 Å². The van der Waals surface area contributed by atoms with Gasteiger partial charge in [0.25, 0.3) is 0 Å². The van der Waals surface area contributed by atoms with Crippen molar-refractivity contribution in [1.29, 1.82) is 0 Å². The number of nitrogens with zero attached hydrogens (tertiary/aromatic N) is 2. The molecule has 0 amide bonds. The maximum absolute atomic E-state index is 4.66. The second-order valence-corrected chi connectivity index (χ2v) is 9.04. The maximum atomic E-state index is 4.66. The van der Waals surface area contributed by atoms with Crippen LogP contribution in [0.3, 0.4) is 0 Å². The molecule has 2 nitrogen and oxygen atoms in total. The molecule has 0 saturated heterocycles. The van der Waals surface area contributed by atoms with E-state index in [1.54, 1.807) is 23.5 Å². The van der Waals surface area contributed by atoms with E-state index in [1.165, 1.54) is 19.6 Å². The van der Waals surface area contributed by atoms with Crippen molar-refractivity contribution in [2.45, 2.75) is 19.6 Å². The molecule has 1 heterocycles. The van der Waals surface area contributed by atoms with E-state index in [-0.39, 0.29) is 0 Å². The van der Waals surface area contributed by atoms with Gasteiger partial charge < -0.3 is 4.90 Å². The van der Waals surface area contributed by atoms with Gasteiger partial charge in [-0.05, 0) is 48.5 Å². The Kier molecular flexibility index (Phi) is 6.23. The van der Waals surface area contributed by atoms with E-state index in [0.717, 1.165) is 16.9 Å². The highest BCUT2D eigenvalue weighted by atomic mass is 32.2. The average molecular weight is 415 g/mol. The highest BCUT2D eigenvalue weighted by Gasteiger charge is 2.11. The van der Waals surface area contributed by atoms with Gasteiger partial charge in [-0.15, -0.1) is 0 Å². The van der Waals surface area contributed by atoms with Gasteiger partial charge in [-0.3, -0.25) is 4.98 Å². The molecule has 0 bridgehead atoms. The third kappa shape index (κ3) is 5.03. The molecular formula is C25H22N2S2. The van der Waals surface area contributed by atoms with Gasteiger partial charge in [0.2, 0.25) is 0 Å². The molecule has 4 rings (SSSR count). The van der Waals surface area contributed by atoms with Crippen LogP contribution in [-0.4, -0.2) is 19.1 Å². The molecule has 0 aliphatic rings. The van der Waals surface area contributed by atoms with Crippen LogP contribution in [-0.2, 0) is 0 Å². The molecule has 4 heteroatoms. The number of hydrogen-bond acceptors (Lipinski definition) is 4. The summed E-state index contributed by atoms with van der Waals surface area (Å²) in [6.07, 6.45) is 1.88. The van der Waals surface area contributed by atoms with Crippen molar-refractivity contribution in [1.82, 2.24) is 4.98 Å². The Balaban J connectivity index is 1.74. The van der Waals surface area contributed by atoms with Crippen LogP contribution in [0.25, 0.3) is 11.3 Å². The van der Waals surface area contributed by atoms with Gasteiger partial charge in [0.15, 0.2) is 0 Å². The first kappa shape index (κ1) is 19.6. The van der Waals surface area contributed by atoms with Crippen molar-refractivity contribution >= 4 is 29.2 Å². The fraction of sp³-hybridized carbons (Fsp3) is 0.0800. The lowest BCUT2D eigenvalue weighted by molar-refractivity contribution is 1.12. The van der Waals surface area contributed by atoms with Crippen molar-refractivity contribution in [3.63, 3.8) is 0 Å². The minimum Gasteiger partial charge on any atom is -0.378 e. The first-order valence-electron chi connectivity index (χ1n) is 9.43. The van der Waals surface area contributed by atoms with Crippen LogP contribution in [0, 0.1) is 0 Å². The largest absolute Gasteiger partial charge is 0.378 e. The molecule has 0 fully saturated rings. The summed E-state index contributed by atoms with van der Waals surface area (Å²) in [5, 5.41) is 0. The van der Waals surface area contributed by atoms with E-state index in [2.05, 4.69) is 103 Å². The molecule has 0 unspecified atom stereocenters. The van der Waals surface area contributed by atoms with Crippen molar-refractivity contribution in [2.75, 3.05) is 19.0 Å². The zero-order chi connectivity index (χ0) is 20.1. The Labute approximate surface area is 181 Å². The number of rotatable bonds is 6. The topological polar surface area (TPSA) is 16.1 Å². The predicted octanol–water partition coefficient (Wildman–Crippen LogP) is 7.12. The van der Waals surface area contributed by atoms with Crippen LogP contribution in [0.1, 0.15) is 0 Å². The Hall–Kier alpha value is -2.69. The second kappa shape index (κ2) is 9.21. The molecule has 0 aliphatic heterocycles. The number of aromatic nitrogens is 1. The van der Waals surface area contributed by atoms with E-state index in [0.29, 0.717) is 0 Å². The molecule has 0 spiro atoms. The van der Waals surface area contributed by atoms with Crippen molar-refractivity contribution in [3.8, 4) is 11.3 Å². The lowest BCUT2D eigenvalue weighted by Crippen LogP contribution is -2.08. The number of pyridine rings is 1. The summed E-state index contributed by atoms with van der Waals surface area (Å²) in [7, 11) is 4.11. The standard InChI is InChI=1S/C25H22N2S2/c1-27(2)19-15-16-26-24(17-19)23-14-13-22(28-20-9-5-3-6-10-20)18-25(23)29-21-11-7-4-8-12-21/h3-18H,1-2H3. The monoisotopic (exact) mass is 414 g/mol. The Bertz CT molecular complexity index is 1080. The van der Waals surface area contributed by atoms with E-state index < -0.39 is 0 Å². The first-order chi connectivity index (χ1) is 14.2. The normalized spacial score (nSPS) is 10.7. The van der Waals surface area contributed by atoms with Gasteiger partial charge >= 0.3 is 0 Å². The highest BCUT2D eigenvalue weighted by Crippen LogP contribution is 2.39. The van der Waals surface area contributed by atoms with E-state index in [4.69, 9.17) is 0 Å². The molecule has 1 aromatic heterocycles. The Morgan fingerprint density at radius 1 is 0.655 bits per heavy atom. The van der Waals surface area contributed by atoms with Crippen LogP contribution >= 0.6 is 23.5 Å². The lowest BCUT2D eigenvalue weighted by atomic mass is 10.1. The Morgan fingerprint density at radius 3 is 1.97 bits per heavy atom. The quantitative estimate of drug-likeness (QED) is 0.334. The van der Waals surface area contributed by atoms with E-state index in [9.17, 15) is 0 Å². The molecule has 144 valence electrons. The number of hydrogen-bond donors (Lipinski definition) is 0. The summed E-state index contributed by atoms with van der Waals surface area (Å²) in [6, 6.07) is 31.8. The summed E-state index contributed by atoms with van der Waals surface area (Å²) < 4.78 is 0. The smallest absolute Gasteiger partial charge is 0.0733 e. The number of anilines is 1. The lowest BCUT2D eigenvalue weighted by Gasteiger charge is -2.15. The van der Waals surface area contributed by atoms with Gasteiger partial charge in [0.1, 0.15) is 0 Å². The highest BCUT2D eigenvalue weighted by molar-refractivity contribution is 8.00. The van der Waals surface area contributed by atoms with Crippen molar-refractivity contribution in [3.05, 3.63) is 97.2 Å².